The molecule has 2 aromatic carbocycles. The molecule has 4 rings (SSSR count). The molecule has 0 radical (unpaired) electrons. The van der Waals surface area contributed by atoms with Gasteiger partial charge in [0.2, 0.25) is 10.0 Å². The molecule has 1 atom stereocenters. The average molecular weight is 443 g/mol. The van der Waals surface area contributed by atoms with Gasteiger partial charge in [0, 0.05) is 17.0 Å². The van der Waals surface area contributed by atoms with Gasteiger partial charge in [-0.3, -0.25) is 4.79 Å². The van der Waals surface area contributed by atoms with Gasteiger partial charge in [0.1, 0.15) is 22.0 Å². The molecular weight excluding hydrogens is 416 g/mol. The van der Waals surface area contributed by atoms with Crippen molar-refractivity contribution in [1.29, 1.82) is 0 Å². The fourth-order valence-electron chi connectivity index (χ4n) is 3.92. The normalized spacial score (nSPS) is 15.8. The summed E-state index contributed by atoms with van der Waals surface area (Å²) < 4.78 is 39.7. The first-order chi connectivity index (χ1) is 14.9. The third-order valence-electron chi connectivity index (χ3n) is 5.61. The second-order valence-electron chi connectivity index (χ2n) is 7.85. The third-order valence-corrected chi connectivity index (χ3v) is 7.15. The second-order valence-corrected chi connectivity index (χ2v) is 9.53. The number of carbonyl (C=O) groups excluding carboxylic acids is 1. The van der Waals surface area contributed by atoms with Gasteiger partial charge >= 0.3 is 0 Å². The highest BCUT2D eigenvalue weighted by Crippen LogP contribution is 2.28. The van der Waals surface area contributed by atoms with E-state index >= 15 is 0 Å². The fourth-order valence-corrected chi connectivity index (χ4v) is 5.42. The molecule has 0 aliphatic heterocycles. The van der Waals surface area contributed by atoms with Crippen molar-refractivity contribution in [2.45, 2.75) is 49.6 Å². The Balaban J connectivity index is 1.55. The highest BCUT2D eigenvalue weighted by Gasteiger charge is 2.27. The van der Waals surface area contributed by atoms with E-state index in [1.165, 1.54) is 19.2 Å². The molecule has 8 heteroatoms. The highest BCUT2D eigenvalue weighted by molar-refractivity contribution is 7.89. The lowest BCUT2D eigenvalue weighted by molar-refractivity contribution is 0.0935. The maximum Gasteiger partial charge on any atom is 0.251 e. The maximum absolute atomic E-state index is 12.9. The van der Waals surface area contributed by atoms with E-state index < -0.39 is 22.0 Å². The van der Waals surface area contributed by atoms with Crippen molar-refractivity contribution in [3.8, 4) is 5.75 Å². The molecule has 0 bridgehead atoms. The standard InChI is InChI=1S/C23H26N2O5S/c1-15(21-13-16-7-3-6-10-19(16)30-21)24-23(26)17-11-12-20(29-2)22(14-17)31(27,28)25-18-8-4-5-9-18/h3,6-7,10-15,18,25H,4-5,8-9H2,1-2H3,(H,24,26)/t15-/m0/s1. The minimum Gasteiger partial charge on any atom is -0.495 e. The van der Waals surface area contributed by atoms with Crippen LogP contribution >= 0.6 is 0 Å². The van der Waals surface area contributed by atoms with E-state index in [-0.39, 0.29) is 22.3 Å². The van der Waals surface area contributed by atoms with Crippen LogP contribution in [0.25, 0.3) is 11.0 Å². The molecule has 1 aliphatic rings. The zero-order valence-electron chi connectivity index (χ0n) is 17.6. The van der Waals surface area contributed by atoms with Crippen LogP contribution in [-0.4, -0.2) is 27.5 Å². The molecule has 7 nitrogen and oxygen atoms in total. The molecule has 31 heavy (non-hydrogen) atoms. The Morgan fingerprint density at radius 3 is 2.58 bits per heavy atom. The summed E-state index contributed by atoms with van der Waals surface area (Å²) in [5, 5.41) is 3.83. The zero-order chi connectivity index (χ0) is 22.0. The van der Waals surface area contributed by atoms with Crippen molar-refractivity contribution in [2.24, 2.45) is 0 Å². The predicted octanol–water partition coefficient (Wildman–Crippen LogP) is 4.15. The number of sulfonamides is 1. The van der Waals surface area contributed by atoms with Gasteiger partial charge in [0.25, 0.3) is 5.91 Å². The van der Waals surface area contributed by atoms with E-state index in [0.717, 1.165) is 36.7 Å². The number of hydrogen-bond donors (Lipinski definition) is 2. The number of hydrogen-bond acceptors (Lipinski definition) is 5. The molecule has 1 aliphatic carbocycles. The Kier molecular flexibility index (Phi) is 6.02. The number of fused-ring (bicyclic) bond motifs is 1. The largest absolute Gasteiger partial charge is 0.495 e. The highest BCUT2D eigenvalue weighted by atomic mass is 32.2. The van der Waals surface area contributed by atoms with Crippen molar-refractivity contribution in [1.82, 2.24) is 10.0 Å². The van der Waals surface area contributed by atoms with Gasteiger partial charge in [0.05, 0.1) is 13.2 Å². The van der Waals surface area contributed by atoms with Gasteiger partial charge in [-0.05, 0) is 50.1 Å². The fraction of sp³-hybridized carbons (Fsp3) is 0.348. The van der Waals surface area contributed by atoms with E-state index in [9.17, 15) is 13.2 Å². The van der Waals surface area contributed by atoms with Crippen LogP contribution in [0.3, 0.4) is 0 Å². The lowest BCUT2D eigenvalue weighted by Crippen LogP contribution is -2.33. The Bertz CT molecular complexity index is 1160. The maximum atomic E-state index is 12.9. The van der Waals surface area contributed by atoms with Crippen molar-refractivity contribution >= 4 is 26.9 Å². The van der Waals surface area contributed by atoms with Crippen LogP contribution < -0.4 is 14.8 Å². The van der Waals surface area contributed by atoms with Gasteiger partial charge in [-0.1, -0.05) is 31.0 Å². The monoisotopic (exact) mass is 442 g/mol. The Hall–Kier alpha value is -2.84. The minimum absolute atomic E-state index is 0.0362. The van der Waals surface area contributed by atoms with Gasteiger partial charge in [-0.2, -0.15) is 0 Å². The lowest BCUT2D eigenvalue weighted by Gasteiger charge is -2.16. The van der Waals surface area contributed by atoms with Crippen LogP contribution in [0.5, 0.6) is 5.75 Å². The van der Waals surface area contributed by atoms with Crippen molar-refractivity contribution < 1.29 is 22.4 Å². The van der Waals surface area contributed by atoms with Crippen LogP contribution in [0.15, 0.2) is 57.8 Å². The van der Waals surface area contributed by atoms with Gasteiger partial charge in [-0.15, -0.1) is 0 Å². The molecule has 3 aromatic rings. The van der Waals surface area contributed by atoms with Crippen LogP contribution in [0.4, 0.5) is 0 Å². The summed E-state index contributed by atoms with van der Waals surface area (Å²) in [5.74, 6) is 0.430. The SMILES string of the molecule is COc1ccc(C(=O)N[C@@H](C)c2cc3ccccc3o2)cc1S(=O)(=O)NC1CCCC1. The molecule has 0 spiro atoms. The smallest absolute Gasteiger partial charge is 0.251 e. The topological polar surface area (TPSA) is 97.6 Å². The first-order valence-corrected chi connectivity index (χ1v) is 11.9. The van der Waals surface area contributed by atoms with E-state index in [4.69, 9.17) is 9.15 Å². The summed E-state index contributed by atoms with van der Waals surface area (Å²) in [6.07, 6.45) is 3.65. The number of para-hydroxylation sites is 1. The van der Waals surface area contributed by atoms with Crippen LogP contribution in [0.2, 0.25) is 0 Å². The summed E-state index contributed by atoms with van der Waals surface area (Å²) in [4.78, 5) is 12.8. The molecule has 1 fully saturated rings. The number of benzene rings is 2. The van der Waals surface area contributed by atoms with E-state index in [1.54, 1.807) is 6.07 Å². The Morgan fingerprint density at radius 2 is 1.87 bits per heavy atom. The zero-order valence-corrected chi connectivity index (χ0v) is 18.4. The van der Waals surface area contributed by atoms with Crippen LogP contribution in [0, 0.1) is 0 Å². The number of furan rings is 1. The van der Waals surface area contributed by atoms with Crippen molar-refractivity contribution in [3.05, 3.63) is 59.9 Å². The number of methoxy groups -OCH3 is 1. The van der Waals surface area contributed by atoms with Crippen molar-refractivity contribution in [3.63, 3.8) is 0 Å². The summed E-state index contributed by atoms with van der Waals surface area (Å²) in [5.41, 5.74) is 0.977. The van der Waals surface area contributed by atoms with E-state index in [2.05, 4.69) is 10.0 Å². The minimum atomic E-state index is -3.81. The van der Waals surface area contributed by atoms with Gasteiger partial charge < -0.3 is 14.5 Å². The number of nitrogens with one attached hydrogen (secondary N) is 2. The molecule has 1 amide bonds. The molecule has 1 aromatic heterocycles. The molecule has 0 saturated heterocycles. The van der Waals surface area contributed by atoms with Crippen LogP contribution in [0.1, 0.15) is 54.8 Å². The molecule has 1 saturated carbocycles. The van der Waals surface area contributed by atoms with E-state index in [1.807, 2.05) is 37.3 Å². The quantitative estimate of drug-likeness (QED) is 0.573. The van der Waals surface area contributed by atoms with E-state index in [0.29, 0.717) is 5.76 Å². The number of rotatable bonds is 7. The molecular formula is C23H26N2O5S. The average Bonchev–Trinajstić information content (AvgIpc) is 3.42. The number of amides is 1. The van der Waals surface area contributed by atoms with Gasteiger partial charge in [-0.25, -0.2) is 13.1 Å². The number of ether oxygens (including phenoxy) is 1. The Morgan fingerprint density at radius 1 is 1.13 bits per heavy atom. The summed E-state index contributed by atoms with van der Waals surface area (Å²) in [7, 11) is -2.40. The summed E-state index contributed by atoms with van der Waals surface area (Å²) in [6, 6.07) is 13.4. The summed E-state index contributed by atoms with van der Waals surface area (Å²) in [6.45, 7) is 1.82. The second kappa shape index (κ2) is 8.72. The molecule has 2 N–H and O–H groups in total. The predicted molar refractivity (Wildman–Crippen MR) is 118 cm³/mol. The third kappa shape index (κ3) is 4.60. The first kappa shape index (κ1) is 21.4. The molecule has 164 valence electrons. The number of carbonyl (C=O) groups is 1. The molecule has 0 unspecified atom stereocenters. The van der Waals surface area contributed by atoms with Crippen LogP contribution in [-0.2, 0) is 10.0 Å². The summed E-state index contributed by atoms with van der Waals surface area (Å²) >= 11 is 0. The van der Waals surface area contributed by atoms with Gasteiger partial charge in [0.15, 0.2) is 0 Å². The lowest BCUT2D eigenvalue weighted by atomic mass is 10.1. The Labute approximate surface area is 181 Å². The molecule has 1 heterocycles. The van der Waals surface area contributed by atoms with Crippen molar-refractivity contribution in [2.75, 3.05) is 7.11 Å². The first-order valence-electron chi connectivity index (χ1n) is 10.4.